The molecule has 0 aromatic heterocycles. The van der Waals surface area contributed by atoms with E-state index in [2.05, 4.69) is 10.1 Å². The summed E-state index contributed by atoms with van der Waals surface area (Å²) in [5.74, 6) is -2.17. The van der Waals surface area contributed by atoms with Gasteiger partial charge in [0.2, 0.25) is 0 Å². The number of non-ortho nitro benzene ring substituents is 1. The predicted molar refractivity (Wildman–Crippen MR) is 82.3 cm³/mol. The highest BCUT2D eigenvalue weighted by molar-refractivity contribution is 6.00. The molecule has 0 saturated carbocycles. The maximum absolute atomic E-state index is 12.2. The molecule has 1 rings (SSSR count). The van der Waals surface area contributed by atoms with Crippen LogP contribution in [-0.4, -0.2) is 36.5 Å². The second kappa shape index (κ2) is 8.42. The van der Waals surface area contributed by atoms with E-state index in [0.717, 1.165) is 31.4 Å². The largest absolute Gasteiger partial charge is 0.465 e. The van der Waals surface area contributed by atoms with Crippen LogP contribution in [0.25, 0.3) is 0 Å². The van der Waals surface area contributed by atoms with Crippen molar-refractivity contribution in [2.75, 3.05) is 13.7 Å². The van der Waals surface area contributed by atoms with Crippen LogP contribution in [0, 0.1) is 10.1 Å². The van der Waals surface area contributed by atoms with Gasteiger partial charge in [-0.25, -0.2) is 9.59 Å². The quantitative estimate of drug-likeness (QED) is 0.362. The second-order valence-electron chi connectivity index (χ2n) is 4.55. The first kappa shape index (κ1) is 18.8. The number of nitrogens with one attached hydrogen (secondary N) is 1. The maximum Gasteiger partial charge on any atom is 0.338 e. The molecule has 0 aliphatic carbocycles. The lowest BCUT2D eigenvalue weighted by atomic mass is 10.1. The van der Waals surface area contributed by atoms with Gasteiger partial charge in [-0.2, -0.15) is 0 Å². The lowest BCUT2D eigenvalue weighted by molar-refractivity contribution is -0.384. The van der Waals surface area contributed by atoms with E-state index in [4.69, 9.17) is 4.74 Å². The lowest BCUT2D eigenvalue weighted by Gasteiger charge is -2.07. The van der Waals surface area contributed by atoms with Crippen LogP contribution in [0.3, 0.4) is 0 Å². The van der Waals surface area contributed by atoms with Crippen LogP contribution < -0.4 is 5.32 Å². The van der Waals surface area contributed by atoms with E-state index in [1.807, 2.05) is 0 Å². The molecule has 0 unspecified atom stereocenters. The number of esters is 2. The fourth-order valence-electron chi connectivity index (χ4n) is 1.73. The van der Waals surface area contributed by atoms with Gasteiger partial charge in [0, 0.05) is 29.5 Å². The third-order valence-corrected chi connectivity index (χ3v) is 2.74. The van der Waals surface area contributed by atoms with Crippen molar-refractivity contribution in [3.05, 3.63) is 51.2 Å². The number of allylic oxidation sites excluding steroid dienone is 1. The maximum atomic E-state index is 12.2. The Morgan fingerprint density at radius 1 is 1.25 bits per heavy atom. The number of benzene rings is 1. The first-order chi connectivity index (χ1) is 11.3. The molecule has 0 atom stereocenters. The van der Waals surface area contributed by atoms with Crippen molar-refractivity contribution in [1.82, 2.24) is 5.32 Å². The molecule has 0 spiro atoms. The highest BCUT2D eigenvalue weighted by atomic mass is 16.6. The Balaban J connectivity index is 3.09. The molecular formula is C15H16N2O7. The molecule has 1 N–H and O–H groups in total. The van der Waals surface area contributed by atoms with E-state index in [0.29, 0.717) is 0 Å². The summed E-state index contributed by atoms with van der Waals surface area (Å²) in [5, 5.41) is 13.3. The number of nitrogens with zero attached hydrogens (tertiary/aromatic N) is 1. The van der Waals surface area contributed by atoms with Gasteiger partial charge in [0.15, 0.2) is 0 Å². The zero-order valence-corrected chi connectivity index (χ0v) is 13.3. The Morgan fingerprint density at radius 3 is 2.42 bits per heavy atom. The van der Waals surface area contributed by atoms with Gasteiger partial charge in [0.25, 0.3) is 11.6 Å². The minimum atomic E-state index is -0.813. The summed E-state index contributed by atoms with van der Waals surface area (Å²) < 4.78 is 9.20. The molecule has 0 heterocycles. The number of hydrogen-bond donors (Lipinski definition) is 1. The third-order valence-electron chi connectivity index (χ3n) is 2.74. The topological polar surface area (TPSA) is 125 Å². The highest BCUT2D eigenvalue weighted by Crippen LogP contribution is 2.18. The normalized spacial score (nSPS) is 10.7. The Labute approximate surface area is 137 Å². The van der Waals surface area contributed by atoms with Crippen molar-refractivity contribution < 1.29 is 28.8 Å². The van der Waals surface area contributed by atoms with Crippen LogP contribution in [0.2, 0.25) is 0 Å². The summed E-state index contributed by atoms with van der Waals surface area (Å²) in [6.45, 7) is 3.27. The van der Waals surface area contributed by atoms with E-state index in [1.54, 1.807) is 6.92 Å². The number of carbonyl (C=O) groups is 3. The van der Waals surface area contributed by atoms with Crippen molar-refractivity contribution in [2.24, 2.45) is 0 Å². The van der Waals surface area contributed by atoms with Crippen LogP contribution in [0.5, 0.6) is 0 Å². The molecule has 1 aromatic carbocycles. The highest BCUT2D eigenvalue weighted by Gasteiger charge is 2.18. The second-order valence-corrected chi connectivity index (χ2v) is 4.55. The fraction of sp³-hybridized carbons (Fsp3) is 0.267. The van der Waals surface area contributed by atoms with Gasteiger partial charge >= 0.3 is 11.9 Å². The number of nitro groups is 1. The lowest BCUT2D eigenvalue weighted by Crippen LogP contribution is -2.23. The molecule has 1 aromatic rings. The van der Waals surface area contributed by atoms with E-state index in [1.165, 1.54) is 6.92 Å². The number of hydrogen-bond acceptors (Lipinski definition) is 7. The van der Waals surface area contributed by atoms with Gasteiger partial charge in [-0.1, -0.05) is 0 Å². The SMILES string of the molecule is CCOC(=O)/C=C(\C)NC(=O)c1cc(C(=O)OC)cc([N+](=O)[O-])c1. The number of nitro benzene ring substituents is 1. The van der Waals surface area contributed by atoms with E-state index >= 15 is 0 Å². The Kier molecular flexibility index (Phi) is 6.60. The standard InChI is InChI=1S/C15H16N2O7/c1-4-24-13(18)5-9(2)16-14(19)10-6-11(15(20)23-3)8-12(7-10)17(21)22/h5-8H,4H2,1-3H3,(H,16,19)/b9-5+. The molecule has 0 saturated heterocycles. The first-order valence-electron chi connectivity index (χ1n) is 6.82. The predicted octanol–water partition coefficient (Wildman–Crippen LogP) is 1.58. The van der Waals surface area contributed by atoms with Crippen molar-refractivity contribution in [2.45, 2.75) is 13.8 Å². The molecule has 1 amide bonds. The van der Waals surface area contributed by atoms with Gasteiger partial charge in [-0.05, 0) is 19.9 Å². The van der Waals surface area contributed by atoms with E-state index < -0.39 is 28.5 Å². The van der Waals surface area contributed by atoms with Gasteiger partial charge in [-0.15, -0.1) is 0 Å². The summed E-state index contributed by atoms with van der Waals surface area (Å²) in [6, 6.07) is 3.18. The molecule has 0 radical (unpaired) electrons. The number of ether oxygens (including phenoxy) is 2. The zero-order chi connectivity index (χ0) is 18.3. The minimum Gasteiger partial charge on any atom is -0.465 e. The van der Waals surface area contributed by atoms with E-state index in [-0.39, 0.29) is 23.4 Å². The average molecular weight is 336 g/mol. The molecule has 0 aliphatic rings. The Morgan fingerprint density at radius 2 is 1.88 bits per heavy atom. The van der Waals surface area contributed by atoms with E-state index in [9.17, 15) is 24.5 Å². The molecule has 24 heavy (non-hydrogen) atoms. The minimum absolute atomic E-state index is 0.124. The van der Waals surface area contributed by atoms with Crippen LogP contribution in [0.4, 0.5) is 5.69 Å². The monoisotopic (exact) mass is 336 g/mol. The molecule has 0 aliphatic heterocycles. The summed E-state index contributed by atoms with van der Waals surface area (Å²) in [6.07, 6.45) is 1.07. The first-order valence-corrected chi connectivity index (χ1v) is 6.82. The van der Waals surface area contributed by atoms with Crippen LogP contribution >= 0.6 is 0 Å². The average Bonchev–Trinajstić information content (AvgIpc) is 2.53. The van der Waals surface area contributed by atoms with Gasteiger partial charge in [0.05, 0.1) is 24.2 Å². The smallest absolute Gasteiger partial charge is 0.338 e. The van der Waals surface area contributed by atoms with Gasteiger partial charge in [-0.3, -0.25) is 14.9 Å². The fourth-order valence-corrected chi connectivity index (χ4v) is 1.73. The number of methoxy groups -OCH3 is 1. The van der Waals surface area contributed by atoms with Gasteiger partial charge in [0.1, 0.15) is 0 Å². The number of amides is 1. The van der Waals surface area contributed by atoms with Crippen molar-refractivity contribution in [3.8, 4) is 0 Å². The number of carbonyl (C=O) groups excluding carboxylic acids is 3. The van der Waals surface area contributed by atoms with Crippen molar-refractivity contribution >= 4 is 23.5 Å². The number of rotatable bonds is 6. The summed E-state index contributed by atoms with van der Waals surface area (Å²) >= 11 is 0. The molecule has 0 bridgehead atoms. The molecule has 9 nitrogen and oxygen atoms in total. The van der Waals surface area contributed by atoms with Gasteiger partial charge < -0.3 is 14.8 Å². The summed E-state index contributed by atoms with van der Waals surface area (Å²) in [5.41, 5.74) is -0.510. The molecular weight excluding hydrogens is 320 g/mol. The Hall–Kier alpha value is -3.23. The van der Waals surface area contributed by atoms with Crippen LogP contribution in [0.15, 0.2) is 30.0 Å². The Bertz CT molecular complexity index is 710. The molecule has 0 fully saturated rings. The zero-order valence-electron chi connectivity index (χ0n) is 13.3. The third kappa shape index (κ3) is 5.20. The van der Waals surface area contributed by atoms with Crippen LogP contribution in [-0.2, 0) is 14.3 Å². The van der Waals surface area contributed by atoms with Crippen LogP contribution in [0.1, 0.15) is 34.6 Å². The van der Waals surface area contributed by atoms with Crippen molar-refractivity contribution in [3.63, 3.8) is 0 Å². The molecule has 9 heteroatoms. The summed E-state index contributed by atoms with van der Waals surface area (Å²) in [4.78, 5) is 45.2. The van der Waals surface area contributed by atoms with Crippen molar-refractivity contribution in [1.29, 1.82) is 0 Å². The summed E-state index contributed by atoms with van der Waals surface area (Å²) in [7, 11) is 1.12. The molecule has 128 valence electrons.